The number of carbonyl (C=O) groups excluding carboxylic acids is 1. The number of carboxylic acid groups (broad SMARTS) is 1. The van der Waals surface area contributed by atoms with E-state index in [9.17, 15) is 14.2 Å². The summed E-state index contributed by atoms with van der Waals surface area (Å²) < 4.78 is 13.7. The molecule has 0 bridgehead atoms. The van der Waals surface area contributed by atoms with Crippen LogP contribution in [0.25, 0.3) is 0 Å². The Morgan fingerprint density at radius 1 is 1.50 bits per heavy atom. The van der Waals surface area contributed by atoms with Crippen LogP contribution in [-0.2, 0) is 18.8 Å². The lowest BCUT2D eigenvalue weighted by Gasteiger charge is -2.07. The summed E-state index contributed by atoms with van der Waals surface area (Å²) in [6, 6.07) is -1.45. The van der Waals surface area contributed by atoms with E-state index in [-0.39, 0.29) is 0 Å². The highest BCUT2D eigenvalue weighted by atomic mass is 31.2. The molecule has 1 unspecified atom stereocenters. The molecule has 0 aromatic heterocycles. The number of hydrogen-bond donors (Lipinski definition) is 5. The highest BCUT2D eigenvalue weighted by Gasteiger charge is 2.20. The molecule has 0 aliphatic heterocycles. The number of hydrogen-bond acceptors (Lipinski definition) is 5. The number of nitrogens with two attached hydrogens (primary N) is 1. The second kappa shape index (κ2) is 5.03. The number of carboxylic acids is 1. The van der Waals surface area contributed by atoms with Crippen molar-refractivity contribution in [3.05, 3.63) is 0 Å². The molecule has 10 heteroatoms. The normalized spacial score (nSPS) is 13.4. The number of carbonyl (C=O) groups is 2. The average molecular weight is 228 g/mol. The van der Waals surface area contributed by atoms with Gasteiger partial charge in [0.2, 0.25) is 5.91 Å². The van der Waals surface area contributed by atoms with E-state index in [0.717, 1.165) is 0 Å². The van der Waals surface area contributed by atoms with Crippen LogP contribution in [0.15, 0.2) is 0 Å². The maximum Gasteiger partial charge on any atom is 0.491 e. The Morgan fingerprint density at radius 2 is 2.00 bits per heavy atom. The summed E-state index contributed by atoms with van der Waals surface area (Å²) in [6.45, 7) is 0. The van der Waals surface area contributed by atoms with Crippen molar-refractivity contribution in [1.82, 2.24) is 5.48 Å². The standard InChI is InChI=1S/C4H9N2O7P/c5-2(4(8)9)1-3(7)6-13-14(10,11)12/h2H,1,5H2,(H,6,7)(H,8,9)(H2,10,11,12). The first kappa shape index (κ1) is 13.0. The minimum absolute atomic E-state index is 0.644. The first-order valence-corrected chi connectivity index (χ1v) is 4.77. The van der Waals surface area contributed by atoms with Gasteiger partial charge in [-0.15, -0.1) is 0 Å². The molecule has 0 spiro atoms. The molecule has 0 saturated carbocycles. The van der Waals surface area contributed by atoms with Crippen LogP contribution in [0.2, 0.25) is 0 Å². The van der Waals surface area contributed by atoms with Gasteiger partial charge in [-0.2, -0.15) is 4.62 Å². The van der Waals surface area contributed by atoms with Crippen LogP contribution in [0, 0.1) is 0 Å². The second-order valence-electron chi connectivity index (χ2n) is 2.26. The van der Waals surface area contributed by atoms with E-state index in [1.807, 2.05) is 0 Å². The molecule has 0 fully saturated rings. The Labute approximate surface area is 78.0 Å². The van der Waals surface area contributed by atoms with Crippen molar-refractivity contribution < 1.29 is 33.7 Å². The van der Waals surface area contributed by atoms with Crippen LogP contribution in [-0.4, -0.2) is 32.8 Å². The highest BCUT2D eigenvalue weighted by Crippen LogP contribution is 2.33. The summed E-state index contributed by atoms with van der Waals surface area (Å²) in [5.41, 5.74) is 6.31. The summed E-state index contributed by atoms with van der Waals surface area (Å²) in [4.78, 5) is 37.1. The fraction of sp³-hybridized carbons (Fsp3) is 0.500. The molecule has 14 heavy (non-hydrogen) atoms. The maximum absolute atomic E-state index is 10.7. The lowest BCUT2D eigenvalue weighted by atomic mass is 10.2. The molecule has 6 N–H and O–H groups in total. The lowest BCUT2D eigenvalue weighted by Crippen LogP contribution is -2.36. The van der Waals surface area contributed by atoms with Crippen LogP contribution in [0.4, 0.5) is 0 Å². The molecule has 0 saturated heterocycles. The number of aliphatic carboxylic acids is 1. The third-order valence-corrected chi connectivity index (χ3v) is 1.33. The van der Waals surface area contributed by atoms with E-state index in [0.29, 0.717) is 0 Å². The highest BCUT2D eigenvalue weighted by molar-refractivity contribution is 7.46. The van der Waals surface area contributed by atoms with Gasteiger partial charge in [-0.05, 0) is 0 Å². The fourth-order valence-electron chi connectivity index (χ4n) is 0.439. The van der Waals surface area contributed by atoms with Gasteiger partial charge in [-0.3, -0.25) is 9.59 Å². The quantitative estimate of drug-likeness (QED) is 0.265. The van der Waals surface area contributed by atoms with E-state index >= 15 is 0 Å². The average Bonchev–Trinajstić information content (AvgIpc) is 1.99. The van der Waals surface area contributed by atoms with Gasteiger partial charge in [0.05, 0.1) is 6.42 Å². The Bertz CT molecular complexity index is 273. The van der Waals surface area contributed by atoms with Crippen molar-refractivity contribution in [2.45, 2.75) is 12.5 Å². The summed E-state index contributed by atoms with van der Waals surface area (Å²) in [5.74, 6) is -2.44. The zero-order valence-corrected chi connectivity index (χ0v) is 7.68. The van der Waals surface area contributed by atoms with Gasteiger partial charge in [-0.1, -0.05) is 0 Å². The van der Waals surface area contributed by atoms with Gasteiger partial charge in [0.25, 0.3) is 0 Å². The molecular weight excluding hydrogens is 219 g/mol. The number of amides is 1. The monoisotopic (exact) mass is 228 g/mol. The Morgan fingerprint density at radius 3 is 2.36 bits per heavy atom. The smallest absolute Gasteiger partial charge is 0.480 e. The summed E-state index contributed by atoms with van der Waals surface area (Å²) in [7, 11) is -4.81. The van der Waals surface area contributed by atoms with Crippen molar-refractivity contribution in [3.8, 4) is 0 Å². The third-order valence-electron chi connectivity index (χ3n) is 1.00. The summed E-state index contributed by atoms with van der Waals surface area (Å²) >= 11 is 0. The van der Waals surface area contributed by atoms with Crippen LogP contribution in [0.1, 0.15) is 6.42 Å². The van der Waals surface area contributed by atoms with E-state index in [1.165, 1.54) is 5.48 Å². The predicted octanol–water partition coefficient (Wildman–Crippen LogP) is -2.07. The molecule has 1 amide bonds. The molecule has 0 radical (unpaired) electrons. The SMILES string of the molecule is NC(CC(=O)NOP(=O)(O)O)C(=O)O. The van der Waals surface area contributed by atoms with E-state index in [4.69, 9.17) is 20.6 Å². The van der Waals surface area contributed by atoms with Crippen molar-refractivity contribution in [2.75, 3.05) is 0 Å². The van der Waals surface area contributed by atoms with E-state index < -0.39 is 32.2 Å². The zero-order valence-electron chi connectivity index (χ0n) is 6.78. The molecule has 0 aliphatic carbocycles. The van der Waals surface area contributed by atoms with E-state index in [1.54, 1.807) is 0 Å². The minimum atomic E-state index is -4.81. The van der Waals surface area contributed by atoms with Gasteiger partial charge in [-0.25, -0.2) is 10.0 Å². The van der Waals surface area contributed by atoms with Crippen LogP contribution >= 0.6 is 7.82 Å². The molecular formula is C4H9N2O7P. The molecule has 0 heterocycles. The van der Waals surface area contributed by atoms with Crippen molar-refractivity contribution in [1.29, 1.82) is 0 Å². The van der Waals surface area contributed by atoms with Crippen LogP contribution in [0.5, 0.6) is 0 Å². The van der Waals surface area contributed by atoms with Crippen LogP contribution in [0.3, 0.4) is 0 Å². The molecule has 0 aliphatic rings. The van der Waals surface area contributed by atoms with Crippen molar-refractivity contribution in [3.63, 3.8) is 0 Å². The Kier molecular flexibility index (Phi) is 4.68. The molecule has 9 nitrogen and oxygen atoms in total. The van der Waals surface area contributed by atoms with Crippen molar-refractivity contribution >= 4 is 19.7 Å². The van der Waals surface area contributed by atoms with Gasteiger partial charge >= 0.3 is 13.8 Å². The Balaban J connectivity index is 3.89. The van der Waals surface area contributed by atoms with Gasteiger partial charge in [0.1, 0.15) is 6.04 Å². The Hall–Kier alpha value is -0.990. The topological polar surface area (TPSA) is 159 Å². The number of rotatable bonds is 5. The molecule has 1 atom stereocenters. The third kappa shape index (κ3) is 6.52. The molecule has 0 aromatic rings. The van der Waals surface area contributed by atoms with E-state index in [2.05, 4.69) is 4.62 Å². The zero-order chi connectivity index (χ0) is 11.4. The summed E-state index contributed by atoms with van der Waals surface area (Å²) in [5, 5.41) is 8.26. The largest absolute Gasteiger partial charge is 0.491 e. The number of phosphoric acid groups is 1. The minimum Gasteiger partial charge on any atom is -0.480 e. The molecule has 0 aromatic carbocycles. The van der Waals surface area contributed by atoms with Crippen molar-refractivity contribution in [2.24, 2.45) is 5.73 Å². The summed E-state index contributed by atoms with van der Waals surface area (Å²) in [6.07, 6.45) is -0.644. The number of nitrogens with one attached hydrogen (secondary N) is 1. The first-order chi connectivity index (χ1) is 6.22. The second-order valence-corrected chi connectivity index (χ2v) is 3.42. The molecule has 82 valence electrons. The lowest BCUT2D eigenvalue weighted by molar-refractivity contribution is -0.141. The van der Waals surface area contributed by atoms with Gasteiger partial charge in [0, 0.05) is 0 Å². The van der Waals surface area contributed by atoms with Gasteiger partial charge < -0.3 is 20.6 Å². The number of hydroxylamine groups is 1. The first-order valence-electron chi connectivity index (χ1n) is 3.23. The van der Waals surface area contributed by atoms with Gasteiger partial charge in [0.15, 0.2) is 0 Å². The fourth-order valence-corrected chi connectivity index (χ4v) is 0.660. The predicted molar refractivity (Wildman–Crippen MR) is 41.5 cm³/mol. The van der Waals surface area contributed by atoms with Crippen LogP contribution < -0.4 is 11.2 Å². The maximum atomic E-state index is 10.7. The molecule has 0 rings (SSSR count).